The molecule has 0 bridgehead atoms. The standard InChI is InChI=1S/C23H32N4O3/c1-16-3-5-18(6-4-16)14-27-15-19(13-21(27)28)23(30)26-11-9-25(10-12-26)17(2)22(29)24-20-7-8-20/h3-6,17,19-20H,7-15H2,1-2H3,(H,24,29). The van der Waals surface area contributed by atoms with E-state index in [9.17, 15) is 14.4 Å². The molecule has 7 heteroatoms. The van der Waals surface area contributed by atoms with Crippen LogP contribution in [0.4, 0.5) is 0 Å². The predicted octanol–water partition coefficient (Wildman–Crippen LogP) is 1.15. The zero-order valence-electron chi connectivity index (χ0n) is 18.0. The highest BCUT2D eigenvalue weighted by Gasteiger charge is 2.38. The maximum Gasteiger partial charge on any atom is 0.237 e. The lowest BCUT2D eigenvalue weighted by atomic mass is 10.1. The molecular formula is C23H32N4O3. The number of nitrogens with one attached hydrogen (secondary N) is 1. The minimum atomic E-state index is -0.259. The van der Waals surface area contributed by atoms with E-state index in [0.717, 1.165) is 18.4 Å². The number of likely N-dealkylation sites (tertiary alicyclic amines) is 1. The zero-order chi connectivity index (χ0) is 21.3. The fourth-order valence-corrected chi connectivity index (χ4v) is 4.31. The lowest BCUT2D eigenvalue weighted by molar-refractivity contribution is -0.138. The maximum absolute atomic E-state index is 13.0. The Morgan fingerprint density at radius 2 is 1.77 bits per heavy atom. The van der Waals surface area contributed by atoms with Gasteiger partial charge in [-0.1, -0.05) is 29.8 Å². The quantitative estimate of drug-likeness (QED) is 0.761. The summed E-state index contributed by atoms with van der Waals surface area (Å²) in [7, 11) is 0. The summed E-state index contributed by atoms with van der Waals surface area (Å²) >= 11 is 0. The number of piperazine rings is 1. The smallest absolute Gasteiger partial charge is 0.237 e. The molecule has 7 nitrogen and oxygen atoms in total. The molecule has 1 saturated carbocycles. The van der Waals surface area contributed by atoms with Gasteiger partial charge in [-0.15, -0.1) is 0 Å². The van der Waals surface area contributed by atoms with Gasteiger partial charge in [0.1, 0.15) is 0 Å². The van der Waals surface area contributed by atoms with Crippen LogP contribution in [-0.2, 0) is 20.9 Å². The second-order valence-corrected chi connectivity index (χ2v) is 8.98. The third-order valence-electron chi connectivity index (χ3n) is 6.53. The van der Waals surface area contributed by atoms with Crippen LogP contribution in [0.1, 0.15) is 37.3 Å². The minimum Gasteiger partial charge on any atom is -0.352 e. The number of aryl methyl sites for hydroxylation is 1. The van der Waals surface area contributed by atoms with Crippen LogP contribution in [0.3, 0.4) is 0 Å². The fourth-order valence-electron chi connectivity index (χ4n) is 4.31. The molecule has 3 aliphatic rings. The summed E-state index contributed by atoms with van der Waals surface area (Å²) in [5.74, 6) is -0.0436. The van der Waals surface area contributed by atoms with E-state index in [-0.39, 0.29) is 29.7 Å². The van der Waals surface area contributed by atoms with Crippen LogP contribution in [0.2, 0.25) is 0 Å². The highest BCUT2D eigenvalue weighted by atomic mass is 16.2. The summed E-state index contributed by atoms with van der Waals surface area (Å²) in [6.07, 6.45) is 2.47. The molecule has 0 spiro atoms. The van der Waals surface area contributed by atoms with Gasteiger partial charge in [0.2, 0.25) is 17.7 Å². The molecule has 2 heterocycles. The van der Waals surface area contributed by atoms with Gasteiger partial charge in [0.15, 0.2) is 0 Å². The monoisotopic (exact) mass is 412 g/mol. The van der Waals surface area contributed by atoms with Crippen LogP contribution in [0.25, 0.3) is 0 Å². The molecule has 30 heavy (non-hydrogen) atoms. The third-order valence-corrected chi connectivity index (χ3v) is 6.53. The van der Waals surface area contributed by atoms with Crippen LogP contribution in [0.15, 0.2) is 24.3 Å². The van der Waals surface area contributed by atoms with E-state index >= 15 is 0 Å². The van der Waals surface area contributed by atoms with Crippen molar-refractivity contribution in [2.45, 2.75) is 51.7 Å². The van der Waals surface area contributed by atoms with Crippen molar-refractivity contribution in [2.75, 3.05) is 32.7 Å². The predicted molar refractivity (Wildman–Crippen MR) is 113 cm³/mol. The Labute approximate surface area is 178 Å². The van der Waals surface area contributed by atoms with Crippen molar-refractivity contribution < 1.29 is 14.4 Å². The van der Waals surface area contributed by atoms with E-state index in [4.69, 9.17) is 0 Å². The van der Waals surface area contributed by atoms with Gasteiger partial charge in [-0.25, -0.2) is 0 Å². The molecule has 3 amide bonds. The summed E-state index contributed by atoms with van der Waals surface area (Å²) < 4.78 is 0. The third kappa shape index (κ3) is 4.83. The van der Waals surface area contributed by atoms with Crippen LogP contribution in [0.5, 0.6) is 0 Å². The Morgan fingerprint density at radius 3 is 2.40 bits per heavy atom. The van der Waals surface area contributed by atoms with Crippen molar-refractivity contribution in [3.05, 3.63) is 35.4 Å². The van der Waals surface area contributed by atoms with Crippen molar-refractivity contribution >= 4 is 17.7 Å². The molecular weight excluding hydrogens is 380 g/mol. The summed E-state index contributed by atoms with van der Waals surface area (Å²) in [6, 6.07) is 8.37. The highest BCUT2D eigenvalue weighted by molar-refractivity contribution is 5.89. The number of carbonyl (C=O) groups is 3. The number of benzene rings is 1. The fraction of sp³-hybridized carbons (Fsp3) is 0.609. The van der Waals surface area contributed by atoms with Gasteiger partial charge in [0.25, 0.3) is 0 Å². The van der Waals surface area contributed by atoms with Gasteiger partial charge in [-0.3, -0.25) is 19.3 Å². The van der Waals surface area contributed by atoms with Crippen molar-refractivity contribution in [3.63, 3.8) is 0 Å². The number of hydrogen-bond acceptors (Lipinski definition) is 4. The lowest BCUT2D eigenvalue weighted by Gasteiger charge is -2.38. The molecule has 1 aromatic rings. The van der Waals surface area contributed by atoms with E-state index in [1.807, 2.05) is 43.0 Å². The average molecular weight is 413 g/mol. The summed E-state index contributed by atoms with van der Waals surface area (Å²) in [4.78, 5) is 43.6. The Hall–Kier alpha value is -2.41. The second kappa shape index (κ2) is 8.76. The van der Waals surface area contributed by atoms with Gasteiger partial charge in [0, 0.05) is 51.7 Å². The largest absolute Gasteiger partial charge is 0.352 e. The van der Waals surface area contributed by atoms with Crippen LogP contribution < -0.4 is 5.32 Å². The molecule has 162 valence electrons. The molecule has 1 N–H and O–H groups in total. The summed E-state index contributed by atoms with van der Waals surface area (Å²) in [5.41, 5.74) is 2.28. The van der Waals surface area contributed by atoms with Crippen molar-refractivity contribution in [2.24, 2.45) is 5.92 Å². The first-order valence-corrected chi connectivity index (χ1v) is 11.1. The first kappa shape index (κ1) is 20.8. The van der Waals surface area contributed by atoms with Gasteiger partial charge in [-0.2, -0.15) is 0 Å². The molecule has 1 aromatic carbocycles. The second-order valence-electron chi connectivity index (χ2n) is 8.98. The number of rotatable bonds is 6. The Balaban J connectivity index is 1.26. The number of amides is 3. The van der Waals surface area contributed by atoms with E-state index in [0.29, 0.717) is 51.7 Å². The number of hydrogen-bond donors (Lipinski definition) is 1. The van der Waals surface area contributed by atoms with E-state index < -0.39 is 0 Å². The number of nitrogens with zero attached hydrogens (tertiary/aromatic N) is 3. The van der Waals surface area contributed by atoms with Crippen molar-refractivity contribution in [3.8, 4) is 0 Å². The van der Waals surface area contributed by atoms with Crippen LogP contribution in [0, 0.1) is 12.8 Å². The van der Waals surface area contributed by atoms with Gasteiger partial charge in [0.05, 0.1) is 12.0 Å². The molecule has 2 unspecified atom stereocenters. The normalized spacial score (nSPS) is 23.5. The molecule has 2 aliphatic heterocycles. The average Bonchev–Trinajstić information content (AvgIpc) is 3.49. The number of carbonyl (C=O) groups excluding carboxylic acids is 3. The molecule has 0 radical (unpaired) electrons. The van der Waals surface area contributed by atoms with Crippen molar-refractivity contribution in [1.82, 2.24) is 20.0 Å². The first-order valence-electron chi connectivity index (χ1n) is 11.1. The molecule has 0 aromatic heterocycles. The lowest BCUT2D eigenvalue weighted by Crippen LogP contribution is -2.56. The van der Waals surface area contributed by atoms with Crippen LogP contribution in [-0.4, -0.2) is 77.2 Å². The molecule has 3 fully saturated rings. The summed E-state index contributed by atoms with van der Waals surface area (Å²) in [5, 5.41) is 3.06. The van der Waals surface area contributed by atoms with Gasteiger partial charge in [-0.05, 0) is 32.3 Å². The molecule has 4 rings (SSSR count). The van der Waals surface area contributed by atoms with E-state index in [1.54, 1.807) is 4.90 Å². The van der Waals surface area contributed by atoms with Crippen LogP contribution >= 0.6 is 0 Å². The van der Waals surface area contributed by atoms with E-state index in [2.05, 4.69) is 10.2 Å². The van der Waals surface area contributed by atoms with Gasteiger partial charge >= 0.3 is 0 Å². The molecule has 2 atom stereocenters. The molecule has 2 saturated heterocycles. The van der Waals surface area contributed by atoms with E-state index in [1.165, 1.54) is 5.56 Å². The molecule has 1 aliphatic carbocycles. The van der Waals surface area contributed by atoms with Crippen molar-refractivity contribution in [1.29, 1.82) is 0 Å². The SMILES string of the molecule is Cc1ccc(CN2CC(C(=O)N3CCN(C(C)C(=O)NC4CC4)CC3)CC2=O)cc1. The van der Waals surface area contributed by atoms with Gasteiger partial charge < -0.3 is 15.1 Å². The Kier molecular flexibility index (Phi) is 6.09. The first-order chi connectivity index (χ1) is 14.4. The highest BCUT2D eigenvalue weighted by Crippen LogP contribution is 2.23. The topological polar surface area (TPSA) is 73.0 Å². The summed E-state index contributed by atoms with van der Waals surface area (Å²) in [6.45, 7) is 7.64. The Morgan fingerprint density at radius 1 is 1.10 bits per heavy atom. The zero-order valence-corrected chi connectivity index (χ0v) is 18.0. The maximum atomic E-state index is 13.0. The Bertz CT molecular complexity index is 797. The minimum absolute atomic E-state index is 0.0536.